The number of thiazole rings is 1. The monoisotopic (exact) mass is 446 g/mol. The minimum atomic E-state index is -0.0270. The summed E-state index contributed by atoms with van der Waals surface area (Å²) in [5, 5.41) is 0.998. The van der Waals surface area contributed by atoms with Crippen molar-refractivity contribution in [2.24, 2.45) is 0 Å². The molecule has 1 amide bonds. The topological polar surface area (TPSA) is 51.7 Å². The molecule has 1 saturated heterocycles. The molecule has 0 aliphatic carbocycles. The van der Waals surface area contributed by atoms with Gasteiger partial charge in [-0.1, -0.05) is 12.1 Å². The zero-order chi connectivity index (χ0) is 19.0. The second-order valence-corrected chi connectivity index (χ2v) is 8.23. The van der Waals surface area contributed by atoms with E-state index in [1.165, 1.54) is 0 Å². The number of hydrogen-bond acceptors (Lipinski definition) is 5. The molecule has 1 atom stereocenters. The number of fused-ring (bicyclic) bond motifs is 1. The van der Waals surface area contributed by atoms with Crippen molar-refractivity contribution >= 4 is 43.4 Å². The van der Waals surface area contributed by atoms with Crippen molar-refractivity contribution in [3.63, 3.8) is 0 Å². The molecule has 0 spiro atoms. The van der Waals surface area contributed by atoms with Gasteiger partial charge in [0.2, 0.25) is 0 Å². The molecule has 4 rings (SSSR count). The molecule has 1 unspecified atom stereocenters. The van der Waals surface area contributed by atoms with Crippen LogP contribution in [0.2, 0.25) is 0 Å². The van der Waals surface area contributed by atoms with Crippen LogP contribution in [0.3, 0.4) is 0 Å². The number of ether oxygens (including phenoxy) is 2. The Balaban J connectivity index is 1.68. The predicted molar refractivity (Wildman–Crippen MR) is 110 cm³/mol. The summed E-state index contributed by atoms with van der Waals surface area (Å²) in [6, 6.07) is 11.6. The molecule has 0 bridgehead atoms. The summed E-state index contributed by atoms with van der Waals surface area (Å²) < 4.78 is 12.6. The first-order valence-corrected chi connectivity index (χ1v) is 10.3. The van der Waals surface area contributed by atoms with Crippen LogP contribution in [0.4, 0.5) is 0 Å². The van der Waals surface area contributed by atoms with E-state index >= 15 is 0 Å². The van der Waals surface area contributed by atoms with Crippen LogP contribution >= 0.6 is 27.3 Å². The molecule has 0 saturated carbocycles. The van der Waals surface area contributed by atoms with Crippen molar-refractivity contribution in [1.29, 1.82) is 0 Å². The smallest absolute Gasteiger partial charge is 0.254 e. The normalized spacial score (nSPS) is 16.7. The van der Waals surface area contributed by atoms with Gasteiger partial charge in [0.15, 0.2) is 0 Å². The van der Waals surface area contributed by atoms with Crippen LogP contribution < -0.4 is 9.47 Å². The summed E-state index contributed by atoms with van der Waals surface area (Å²) in [5.41, 5.74) is 1.55. The van der Waals surface area contributed by atoms with Gasteiger partial charge in [-0.25, -0.2) is 4.98 Å². The van der Waals surface area contributed by atoms with Gasteiger partial charge < -0.3 is 14.4 Å². The third-order valence-corrected chi connectivity index (χ3v) is 6.72. The predicted octanol–water partition coefficient (Wildman–Crippen LogP) is 5.05. The van der Waals surface area contributed by atoms with Crippen molar-refractivity contribution in [2.45, 2.75) is 18.9 Å². The molecule has 0 radical (unpaired) electrons. The Bertz CT molecular complexity index is 946. The summed E-state index contributed by atoms with van der Waals surface area (Å²) in [4.78, 5) is 20.0. The lowest BCUT2D eigenvalue weighted by atomic mass is 10.1. The second-order valence-electron chi connectivity index (χ2n) is 6.37. The first-order chi connectivity index (χ1) is 13.1. The maximum absolute atomic E-state index is 13.3. The highest BCUT2D eigenvalue weighted by atomic mass is 79.9. The van der Waals surface area contributed by atoms with E-state index in [9.17, 15) is 4.79 Å². The Hall–Kier alpha value is -2.12. The van der Waals surface area contributed by atoms with Gasteiger partial charge in [0.05, 0.1) is 30.5 Å². The number of carbonyl (C=O) groups excluding carboxylic acids is 1. The molecule has 2 aromatic carbocycles. The lowest BCUT2D eigenvalue weighted by Gasteiger charge is -2.24. The standard InChI is InChI=1S/C20H19BrN2O3S/c1-25-15-10-12(11-16(26-2)18(15)21)20(24)23-9-5-7-14(23)19-22-13-6-3-4-8-17(13)27-19/h3-4,6,8,10-11,14H,5,7,9H2,1-2H3. The van der Waals surface area contributed by atoms with E-state index < -0.39 is 0 Å². The Kier molecular flexibility index (Phi) is 5.06. The van der Waals surface area contributed by atoms with E-state index in [1.54, 1.807) is 37.7 Å². The number of nitrogens with zero attached hydrogens (tertiary/aromatic N) is 2. The van der Waals surface area contributed by atoms with Crippen LogP contribution in [0, 0.1) is 0 Å². The SMILES string of the molecule is COc1cc(C(=O)N2CCCC2c2nc3ccccc3s2)cc(OC)c1Br. The van der Waals surface area contributed by atoms with Gasteiger partial charge in [-0.15, -0.1) is 11.3 Å². The van der Waals surface area contributed by atoms with Crippen LogP contribution in [0.15, 0.2) is 40.9 Å². The maximum atomic E-state index is 13.3. The Morgan fingerprint density at radius 2 is 1.93 bits per heavy atom. The third kappa shape index (κ3) is 3.30. The molecule has 140 valence electrons. The highest BCUT2D eigenvalue weighted by Gasteiger charge is 2.33. The van der Waals surface area contributed by atoms with E-state index in [2.05, 4.69) is 22.0 Å². The number of hydrogen-bond donors (Lipinski definition) is 0. The zero-order valence-electron chi connectivity index (χ0n) is 15.1. The van der Waals surface area contributed by atoms with E-state index in [0.29, 0.717) is 21.5 Å². The number of para-hydroxylation sites is 1. The van der Waals surface area contributed by atoms with Crippen LogP contribution in [0.5, 0.6) is 11.5 Å². The van der Waals surface area contributed by atoms with Gasteiger partial charge in [-0.2, -0.15) is 0 Å². The van der Waals surface area contributed by atoms with Crippen LogP contribution in [0.1, 0.15) is 34.2 Å². The molecular weight excluding hydrogens is 428 g/mol. The third-order valence-electron chi connectivity index (χ3n) is 4.80. The number of methoxy groups -OCH3 is 2. The summed E-state index contributed by atoms with van der Waals surface area (Å²) in [7, 11) is 3.15. The highest BCUT2D eigenvalue weighted by molar-refractivity contribution is 9.10. The van der Waals surface area contributed by atoms with Crippen molar-refractivity contribution in [3.8, 4) is 11.5 Å². The summed E-state index contributed by atoms with van der Waals surface area (Å²) in [5.74, 6) is 1.13. The Morgan fingerprint density at radius 1 is 1.22 bits per heavy atom. The van der Waals surface area contributed by atoms with Gasteiger partial charge in [0.25, 0.3) is 5.91 Å². The molecule has 27 heavy (non-hydrogen) atoms. The molecule has 1 aliphatic rings. The number of aromatic nitrogens is 1. The summed E-state index contributed by atoms with van der Waals surface area (Å²) in [6.45, 7) is 0.722. The van der Waals surface area contributed by atoms with E-state index in [4.69, 9.17) is 14.5 Å². The molecule has 2 heterocycles. The van der Waals surface area contributed by atoms with Gasteiger partial charge in [0.1, 0.15) is 21.0 Å². The number of rotatable bonds is 4. The largest absolute Gasteiger partial charge is 0.495 e. The average molecular weight is 447 g/mol. The molecular formula is C20H19BrN2O3S. The summed E-state index contributed by atoms with van der Waals surface area (Å²) in [6.07, 6.45) is 1.90. The molecule has 3 aromatic rings. The molecule has 0 N–H and O–H groups in total. The van der Waals surface area contributed by atoms with E-state index in [0.717, 1.165) is 34.6 Å². The quantitative estimate of drug-likeness (QED) is 0.562. The Labute approximate surface area is 170 Å². The zero-order valence-corrected chi connectivity index (χ0v) is 17.5. The maximum Gasteiger partial charge on any atom is 0.254 e. The van der Waals surface area contributed by atoms with E-state index in [-0.39, 0.29) is 11.9 Å². The first-order valence-electron chi connectivity index (χ1n) is 8.70. The average Bonchev–Trinajstić information content (AvgIpc) is 3.34. The fraction of sp³-hybridized carbons (Fsp3) is 0.300. The number of amides is 1. The van der Waals surface area contributed by atoms with Crippen molar-refractivity contribution in [2.75, 3.05) is 20.8 Å². The van der Waals surface area contributed by atoms with Crippen molar-refractivity contribution < 1.29 is 14.3 Å². The fourth-order valence-electron chi connectivity index (χ4n) is 3.46. The van der Waals surface area contributed by atoms with Gasteiger partial charge in [-0.05, 0) is 53.0 Å². The lowest BCUT2D eigenvalue weighted by Crippen LogP contribution is -2.30. The summed E-state index contributed by atoms with van der Waals surface area (Å²) >= 11 is 5.12. The minimum Gasteiger partial charge on any atom is -0.495 e. The molecule has 5 nitrogen and oxygen atoms in total. The van der Waals surface area contributed by atoms with Crippen LogP contribution in [0.25, 0.3) is 10.2 Å². The van der Waals surface area contributed by atoms with Gasteiger partial charge >= 0.3 is 0 Å². The minimum absolute atomic E-state index is 0.00976. The number of benzene rings is 2. The van der Waals surface area contributed by atoms with Crippen LogP contribution in [-0.4, -0.2) is 36.6 Å². The number of likely N-dealkylation sites (tertiary alicyclic amines) is 1. The van der Waals surface area contributed by atoms with Crippen LogP contribution in [-0.2, 0) is 0 Å². The van der Waals surface area contributed by atoms with Gasteiger partial charge in [0, 0.05) is 12.1 Å². The molecule has 1 aromatic heterocycles. The Morgan fingerprint density at radius 3 is 2.59 bits per heavy atom. The molecule has 1 fully saturated rings. The molecule has 1 aliphatic heterocycles. The highest BCUT2D eigenvalue weighted by Crippen LogP contribution is 2.40. The van der Waals surface area contributed by atoms with Gasteiger partial charge in [-0.3, -0.25) is 4.79 Å². The number of halogens is 1. The van der Waals surface area contributed by atoms with Crippen molar-refractivity contribution in [1.82, 2.24) is 9.88 Å². The van der Waals surface area contributed by atoms with E-state index in [1.807, 2.05) is 23.1 Å². The second kappa shape index (κ2) is 7.48. The fourth-order valence-corrected chi connectivity index (χ4v) is 5.13. The first kappa shape index (κ1) is 18.3. The number of carbonyl (C=O) groups is 1. The van der Waals surface area contributed by atoms with Crippen molar-refractivity contribution in [3.05, 3.63) is 51.4 Å². The molecule has 7 heteroatoms. The lowest BCUT2D eigenvalue weighted by molar-refractivity contribution is 0.0734.